The average molecular weight is 372 g/mol. The Kier molecular flexibility index (Phi) is 6.17. The zero-order valence-electron chi connectivity index (χ0n) is 15.4. The molecule has 138 valence electrons. The summed E-state index contributed by atoms with van der Waals surface area (Å²) in [6.45, 7) is 8.03. The molecule has 0 aliphatic carbocycles. The van der Waals surface area contributed by atoms with Gasteiger partial charge in [-0.05, 0) is 43.7 Å². The lowest BCUT2D eigenvalue weighted by Crippen LogP contribution is -2.54. The van der Waals surface area contributed by atoms with Crippen molar-refractivity contribution in [3.8, 4) is 0 Å². The van der Waals surface area contributed by atoms with Gasteiger partial charge in [0.2, 0.25) is 5.91 Å². The van der Waals surface area contributed by atoms with Crippen molar-refractivity contribution in [2.45, 2.75) is 26.4 Å². The fraction of sp³-hybridized carbons (Fsp3) is 0.381. The Morgan fingerprint density at radius 2 is 1.81 bits per heavy atom. The largest absolute Gasteiger partial charge is 0.366 e. The predicted octanol–water partition coefficient (Wildman–Crippen LogP) is 3.48. The zero-order chi connectivity index (χ0) is 18.5. The van der Waals surface area contributed by atoms with Crippen LogP contribution in [0.2, 0.25) is 5.02 Å². The second-order valence-electron chi connectivity index (χ2n) is 7.02. The molecule has 3 rings (SSSR count). The van der Waals surface area contributed by atoms with Crippen LogP contribution >= 0.6 is 11.6 Å². The normalized spacial score (nSPS) is 18.0. The Hall–Kier alpha value is -2.04. The first-order valence-electron chi connectivity index (χ1n) is 9.08. The first-order chi connectivity index (χ1) is 12.5. The fourth-order valence-corrected chi connectivity index (χ4v) is 3.48. The number of hydrogen-bond acceptors (Lipinski definition) is 3. The van der Waals surface area contributed by atoms with E-state index < -0.39 is 0 Å². The molecule has 1 heterocycles. The van der Waals surface area contributed by atoms with Crippen LogP contribution in [0.15, 0.2) is 48.5 Å². The maximum Gasteiger partial charge on any atom is 0.234 e. The zero-order valence-corrected chi connectivity index (χ0v) is 16.2. The summed E-state index contributed by atoms with van der Waals surface area (Å²) in [5, 5.41) is 3.70. The van der Waals surface area contributed by atoms with Crippen LogP contribution in [0.4, 0.5) is 5.69 Å². The molecule has 1 aliphatic rings. The summed E-state index contributed by atoms with van der Waals surface area (Å²) in [7, 11) is 0. The van der Waals surface area contributed by atoms with Gasteiger partial charge < -0.3 is 10.2 Å². The molecule has 0 spiro atoms. The van der Waals surface area contributed by atoms with Gasteiger partial charge in [-0.3, -0.25) is 9.69 Å². The van der Waals surface area contributed by atoms with E-state index in [2.05, 4.69) is 53.2 Å². The van der Waals surface area contributed by atoms with Gasteiger partial charge in [-0.1, -0.05) is 41.4 Å². The van der Waals surface area contributed by atoms with Crippen LogP contribution < -0.4 is 10.2 Å². The fourth-order valence-electron chi connectivity index (χ4n) is 3.36. The number of carbonyl (C=O) groups excluding carboxylic acids is 1. The number of nitrogens with zero attached hydrogens (tertiary/aromatic N) is 2. The van der Waals surface area contributed by atoms with E-state index in [-0.39, 0.29) is 5.91 Å². The lowest BCUT2D eigenvalue weighted by molar-refractivity contribution is -0.122. The molecule has 0 bridgehead atoms. The molecule has 5 heteroatoms. The topological polar surface area (TPSA) is 35.6 Å². The van der Waals surface area contributed by atoms with E-state index in [1.165, 1.54) is 11.3 Å². The van der Waals surface area contributed by atoms with E-state index in [9.17, 15) is 4.79 Å². The van der Waals surface area contributed by atoms with Crippen LogP contribution in [0.3, 0.4) is 0 Å². The van der Waals surface area contributed by atoms with Crippen molar-refractivity contribution in [1.82, 2.24) is 10.2 Å². The van der Waals surface area contributed by atoms with E-state index in [1.807, 2.05) is 24.3 Å². The van der Waals surface area contributed by atoms with Crippen LogP contribution in [0.1, 0.15) is 18.1 Å². The molecule has 0 radical (unpaired) electrons. The molecular weight excluding hydrogens is 346 g/mol. The Balaban J connectivity index is 1.47. The third-order valence-corrected chi connectivity index (χ3v) is 5.10. The number of halogens is 1. The van der Waals surface area contributed by atoms with Gasteiger partial charge in [0.05, 0.1) is 6.54 Å². The van der Waals surface area contributed by atoms with Gasteiger partial charge in [-0.25, -0.2) is 0 Å². The molecule has 4 nitrogen and oxygen atoms in total. The highest BCUT2D eigenvalue weighted by molar-refractivity contribution is 6.30. The van der Waals surface area contributed by atoms with Crippen molar-refractivity contribution in [1.29, 1.82) is 0 Å². The van der Waals surface area contributed by atoms with Gasteiger partial charge in [0, 0.05) is 42.9 Å². The molecule has 1 fully saturated rings. The summed E-state index contributed by atoms with van der Waals surface area (Å²) in [6, 6.07) is 16.6. The Bertz CT molecular complexity index is 730. The van der Waals surface area contributed by atoms with Gasteiger partial charge in [0.15, 0.2) is 0 Å². The third kappa shape index (κ3) is 4.99. The van der Waals surface area contributed by atoms with Crippen molar-refractivity contribution in [3.05, 3.63) is 64.7 Å². The smallest absolute Gasteiger partial charge is 0.234 e. The number of benzene rings is 2. The van der Waals surface area contributed by atoms with E-state index in [1.54, 1.807) is 0 Å². The number of rotatable bonds is 5. The highest BCUT2D eigenvalue weighted by atomic mass is 35.5. The molecule has 26 heavy (non-hydrogen) atoms. The number of piperazine rings is 1. The van der Waals surface area contributed by atoms with Crippen molar-refractivity contribution in [2.24, 2.45) is 0 Å². The molecular formula is C21H26ClN3O. The van der Waals surface area contributed by atoms with Gasteiger partial charge >= 0.3 is 0 Å². The van der Waals surface area contributed by atoms with Crippen LogP contribution in [-0.4, -0.2) is 43.0 Å². The lowest BCUT2D eigenvalue weighted by Gasteiger charge is -2.41. The summed E-state index contributed by atoms with van der Waals surface area (Å²) in [4.78, 5) is 16.9. The predicted molar refractivity (Wildman–Crippen MR) is 108 cm³/mol. The van der Waals surface area contributed by atoms with Gasteiger partial charge in [0.25, 0.3) is 0 Å². The minimum Gasteiger partial charge on any atom is -0.366 e. The van der Waals surface area contributed by atoms with Crippen LogP contribution in [-0.2, 0) is 11.3 Å². The first kappa shape index (κ1) is 18.7. The first-order valence-corrected chi connectivity index (χ1v) is 9.46. The van der Waals surface area contributed by atoms with Crippen molar-refractivity contribution >= 4 is 23.2 Å². The van der Waals surface area contributed by atoms with Crippen LogP contribution in [0.25, 0.3) is 0 Å². The van der Waals surface area contributed by atoms with Crippen molar-refractivity contribution in [3.63, 3.8) is 0 Å². The number of aryl methyl sites for hydroxylation is 1. The molecule has 1 aliphatic heterocycles. The van der Waals surface area contributed by atoms with E-state index in [4.69, 9.17) is 11.6 Å². The Morgan fingerprint density at radius 1 is 1.12 bits per heavy atom. The molecule has 1 atom stereocenters. The summed E-state index contributed by atoms with van der Waals surface area (Å²) in [6.07, 6.45) is 0. The summed E-state index contributed by atoms with van der Waals surface area (Å²) in [5.41, 5.74) is 3.59. The maximum absolute atomic E-state index is 12.3. The molecule has 1 amide bonds. The van der Waals surface area contributed by atoms with Gasteiger partial charge in [-0.2, -0.15) is 0 Å². The van der Waals surface area contributed by atoms with Gasteiger partial charge in [0.1, 0.15) is 0 Å². The van der Waals surface area contributed by atoms with Crippen molar-refractivity contribution < 1.29 is 4.79 Å². The standard InChI is InChI=1S/C21H26ClN3O/c1-16-3-9-20(10-4-16)25-12-11-24(14-17(25)2)15-21(26)23-13-18-5-7-19(22)8-6-18/h3-10,17H,11-15H2,1-2H3,(H,23,26). The summed E-state index contributed by atoms with van der Waals surface area (Å²) >= 11 is 5.88. The second-order valence-corrected chi connectivity index (χ2v) is 7.45. The van der Waals surface area contributed by atoms with E-state index in [0.717, 1.165) is 25.2 Å². The van der Waals surface area contributed by atoms with Crippen LogP contribution in [0.5, 0.6) is 0 Å². The highest BCUT2D eigenvalue weighted by Crippen LogP contribution is 2.21. The minimum atomic E-state index is 0.0657. The maximum atomic E-state index is 12.3. The molecule has 0 saturated carbocycles. The SMILES string of the molecule is Cc1ccc(N2CCN(CC(=O)NCc3ccc(Cl)cc3)CC2C)cc1. The quantitative estimate of drug-likeness (QED) is 0.874. The van der Waals surface area contributed by atoms with Crippen LogP contribution in [0, 0.1) is 6.92 Å². The second kappa shape index (κ2) is 8.56. The lowest BCUT2D eigenvalue weighted by atomic mass is 10.1. The number of carbonyl (C=O) groups is 1. The number of nitrogens with one attached hydrogen (secondary N) is 1. The molecule has 2 aromatic carbocycles. The number of hydrogen-bond donors (Lipinski definition) is 1. The summed E-state index contributed by atoms with van der Waals surface area (Å²) in [5.74, 6) is 0.0657. The summed E-state index contributed by atoms with van der Waals surface area (Å²) < 4.78 is 0. The van der Waals surface area contributed by atoms with E-state index in [0.29, 0.717) is 24.2 Å². The monoisotopic (exact) mass is 371 g/mol. The third-order valence-electron chi connectivity index (χ3n) is 4.85. The molecule has 1 saturated heterocycles. The highest BCUT2D eigenvalue weighted by Gasteiger charge is 2.24. The molecule has 1 N–H and O–H groups in total. The molecule has 0 aromatic heterocycles. The van der Waals surface area contributed by atoms with Crippen molar-refractivity contribution in [2.75, 3.05) is 31.1 Å². The van der Waals surface area contributed by atoms with Gasteiger partial charge in [-0.15, -0.1) is 0 Å². The average Bonchev–Trinajstić information content (AvgIpc) is 2.62. The number of anilines is 1. The minimum absolute atomic E-state index is 0.0657. The number of amides is 1. The van der Waals surface area contributed by atoms with E-state index >= 15 is 0 Å². The molecule has 1 unspecified atom stereocenters. The Labute approximate surface area is 160 Å². The Morgan fingerprint density at radius 3 is 2.46 bits per heavy atom. The molecule has 2 aromatic rings.